The van der Waals surface area contributed by atoms with Crippen LogP contribution in [0.3, 0.4) is 0 Å². The van der Waals surface area contributed by atoms with E-state index in [9.17, 15) is 13.2 Å². The quantitative estimate of drug-likeness (QED) is 0.672. The van der Waals surface area contributed by atoms with Crippen LogP contribution in [-0.2, 0) is 0 Å². The number of hydrogen-bond donors (Lipinski definition) is 0. The molecule has 16 heavy (non-hydrogen) atoms. The molecular formula is C12H16F3N. The lowest BCUT2D eigenvalue weighted by atomic mass is 9.96. The van der Waals surface area contributed by atoms with Gasteiger partial charge in [0.1, 0.15) is 0 Å². The fourth-order valence-corrected chi connectivity index (χ4v) is 1.89. The number of rotatable bonds is 3. The monoisotopic (exact) mass is 231 g/mol. The summed E-state index contributed by atoms with van der Waals surface area (Å²) in [4.78, 5) is 1.91. The van der Waals surface area contributed by atoms with Gasteiger partial charge in [-0.1, -0.05) is 19.2 Å². The first-order valence-corrected chi connectivity index (χ1v) is 5.26. The van der Waals surface area contributed by atoms with Crippen LogP contribution >= 0.6 is 0 Å². The second kappa shape index (κ2) is 5.23. The minimum absolute atomic E-state index is 0.159. The maximum atomic E-state index is 12.4. The molecule has 0 saturated carbocycles. The van der Waals surface area contributed by atoms with Crippen LogP contribution in [0.4, 0.5) is 13.2 Å². The third kappa shape index (κ3) is 3.15. The molecule has 0 amide bonds. The van der Waals surface area contributed by atoms with E-state index >= 15 is 0 Å². The van der Waals surface area contributed by atoms with Crippen molar-refractivity contribution in [3.05, 3.63) is 37.1 Å². The van der Waals surface area contributed by atoms with Gasteiger partial charge in [0.15, 0.2) is 0 Å². The summed E-state index contributed by atoms with van der Waals surface area (Å²) >= 11 is 0. The van der Waals surface area contributed by atoms with E-state index in [2.05, 4.69) is 13.2 Å². The molecule has 1 aliphatic heterocycles. The normalized spacial score (nSPS) is 19.7. The number of halogens is 3. The maximum absolute atomic E-state index is 12.4. The van der Waals surface area contributed by atoms with Gasteiger partial charge in [-0.2, -0.15) is 13.2 Å². The van der Waals surface area contributed by atoms with Gasteiger partial charge in [-0.3, -0.25) is 0 Å². The van der Waals surface area contributed by atoms with Crippen molar-refractivity contribution in [1.29, 1.82) is 0 Å². The number of allylic oxidation sites excluding steroid dienone is 3. The van der Waals surface area contributed by atoms with Crippen LogP contribution in [0.2, 0.25) is 0 Å². The van der Waals surface area contributed by atoms with Crippen molar-refractivity contribution >= 4 is 0 Å². The first-order chi connectivity index (χ1) is 7.49. The summed E-state index contributed by atoms with van der Waals surface area (Å²) < 4.78 is 37.3. The first kappa shape index (κ1) is 12.9. The van der Waals surface area contributed by atoms with Crippen LogP contribution in [0, 0.1) is 5.92 Å². The van der Waals surface area contributed by atoms with Crippen molar-refractivity contribution in [2.24, 2.45) is 5.92 Å². The second-order valence-corrected chi connectivity index (χ2v) is 3.83. The van der Waals surface area contributed by atoms with Crippen molar-refractivity contribution in [1.82, 2.24) is 4.90 Å². The molecule has 0 atom stereocenters. The summed E-state index contributed by atoms with van der Waals surface area (Å²) in [5.41, 5.74) is 0.843. The van der Waals surface area contributed by atoms with E-state index in [1.807, 2.05) is 4.90 Å². The van der Waals surface area contributed by atoms with Crippen molar-refractivity contribution < 1.29 is 13.2 Å². The molecule has 1 heterocycles. The maximum Gasteiger partial charge on any atom is 0.391 e. The third-order valence-corrected chi connectivity index (χ3v) is 2.82. The van der Waals surface area contributed by atoms with E-state index < -0.39 is 12.1 Å². The predicted molar refractivity (Wildman–Crippen MR) is 58.8 cm³/mol. The number of nitrogens with zero attached hydrogens (tertiary/aromatic N) is 1. The van der Waals surface area contributed by atoms with Crippen LogP contribution < -0.4 is 0 Å². The zero-order valence-corrected chi connectivity index (χ0v) is 9.13. The van der Waals surface area contributed by atoms with Crippen molar-refractivity contribution in [2.75, 3.05) is 13.1 Å². The third-order valence-electron chi connectivity index (χ3n) is 2.82. The van der Waals surface area contributed by atoms with Gasteiger partial charge < -0.3 is 4.90 Å². The zero-order valence-electron chi connectivity index (χ0n) is 9.13. The Morgan fingerprint density at radius 1 is 1.19 bits per heavy atom. The lowest BCUT2D eigenvalue weighted by molar-refractivity contribution is -0.184. The van der Waals surface area contributed by atoms with Gasteiger partial charge in [-0.05, 0) is 25.0 Å². The Kier molecular flexibility index (Phi) is 4.21. The van der Waals surface area contributed by atoms with Crippen LogP contribution in [0.15, 0.2) is 37.1 Å². The molecule has 1 saturated heterocycles. The molecule has 0 aromatic carbocycles. The topological polar surface area (TPSA) is 3.24 Å². The lowest BCUT2D eigenvalue weighted by Crippen LogP contribution is -2.38. The molecule has 0 N–H and O–H groups in total. The van der Waals surface area contributed by atoms with Crippen LogP contribution in [0.25, 0.3) is 0 Å². The Bertz CT molecular complexity index is 283. The van der Waals surface area contributed by atoms with Gasteiger partial charge in [0.2, 0.25) is 0 Å². The summed E-state index contributed by atoms with van der Waals surface area (Å²) in [5.74, 6) is -1.15. The van der Waals surface area contributed by atoms with Gasteiger partial charge in [0.05, 0.1) is 5.92 Å². The molecule has 0 bridgehead atoms. The zero-order chi connectivity index (χ0) is 12.2. The Balaban J connectivity index is 2.58. The van der Waals surface area contributed by atoms with E-state index in [-0.39, 0.29) is 12.8 Å². The Hall–Kier alpha value is -1.19. The largest absolute Gasteiger partial charge is 0.391 e. The molecule has 1 nitrogen and oxygen atoms in total. The standard InChI is InChI=1S/C12H16F3N/c1-3-5-11(4-2)16-8-6-10(7-9-16)12(13,14)15/h3-5,10H,1-2,6-9H2/b11-5+. The minimum Gasteiger partial charge on any atom is -0.372 e. The van der Waals surface area contributed by atoms with Gasteiger partial charge in [-0.15, -0.1) is 0 Å². The van der Waals surface area contributed by atoms with E-state index in [1.165, 1.54) is 0 Å². The van der Waals surface area contributed by atoms with Crippen LogP contribution in [0.5, 0.6) is 0 Å². The van der Waals surface area contributed by atoms with Gasteiger partial charge in [0.25, 0.3) is 0 Å². The molecule has 1 fully saturated rings. The molecule has 90 valence electrons. The Morgan fingerprint density at radius 2 is 1.75 bits per heavy atom. The highest BCUT2D eigenvalue weighted by Crippen LogP contribution is 2.34. The summed E-state index contributed by atoms with van der Waals surface area (Å²) in [6.45, 7) is 8.06. The summed E-state index contributed by atoms with van der Waals surface area (Å²) in [7, 11) is 0. The SMILES string of the molecule is C=C/C=C(\C=C)N1CCC(C(F)(F)F)CC1. The second-order valence-electron chi connectivity index (χ2n) is 3.83. The number of piperidine rings is 1. The van der Waals surface area contributed by atoms with Gasteiger partial charge >= 0.3 is 6.18 Å². The fourth-order valence-electron chi connectivity index (χ4n) is 1.89. The van der Waals surface area contributed by atoms with Crippen molar-refractivity contribution in [2.45, 2.75) is 19.0 Å². The van der Waals surface area contributed by atoms with Crippen molar-refractivity contribution in [3.63, 3.8) is 0 Å². The smallest absolute Gasteiger partial charge is 0.372 e. The fraction of sp³-hybridized carbons (Fsp3) is 0.500. The average Bonchev–Trinajstić information content (AvgIpc) is 2.25. The highest BCUT2D eigenvalue weighted by atomic mass is 19.4. The van der Waals surface area contributed by atoms with Crippen molar-refractivity contribution in [3.8, 4) is 0 Å². The molecule has 0 spiro atoms. The highest BCUT2D eigenvalue weighted by Gasteiger charge is 2.41. The molecule has 1 aliphatic rings. The van der Waals surface area contributed by atoms with E-state index in [1.54, 1.807) is 18.2 Å². The highest BCUT2D eigenvalue weighted by molar-refractivity contribution is 5.20. The summed E-state index contributed by atoms with van der Waals surface area (Å²) in [6, 6.07) is 0. The number of hydrogen-bond acceptors (Lipinski definition) is 1. The molecule has 1 rings (SSSR count). The molecule has 0 aromatic heterocycles. The Labute approximate surface area is 93.9 Å². The van der Waals surface area contributed by atoms with Gasteiger partial charge in [0, 0.05) is 18.8 Å². The minimum atomic E-state index is -4.05. The first-order valence-electron chi connectivity index (χ1n) is 5.26. The van der Waals surface area contributed by atoms with E-state index in [0.717, 1.165) is 5.70 Å². The van der Waals surface area contributed by atoms with Crippen LogP contribution in [-0.4, -0.2) is 24.2 Å². The molecular weight excluding hydrogens is 215 g/mol. The lowest BCUT2D eigenvalue weighted by Gasteiger charge is -2.34. The molecule has 0 aromatic rings. The molecule has 0 unspecified atom stereocenters. The summed E-state index contributed by atoms with van der Waals surface area (Å²) in [5, 5.41) is 0. The van der Waals surface area contributed by atoms with E-state index in [0.29, 0.717) is 13.1 Å². The molecule has 4 heteroatoms. The Morgan fingerprint density at radius 3 is 2.12 bits per heavy atom. The van der Waals surface area contributed by atoms with E-state index in [4.69, 9.17) is 0 Å². The number of likely N-dealkylation sites (tertiary alicyclic amines) is 1. The molecule has 0 radical (unpaired) electrons. The molecule has 0 aliphatic carbocycles. The predicted octanol–water partition coefficient (Wildman–Crippen LogP) is 3.52. The van der Waals surface area contributed by atoms with Crippen LogP contribution in [0.1, 0.15) is 12.8 Å². The summed E-state index contributed by atoms with van der Waals surface area (Å²) in [6.07, 6.45) is 1.30. The van der Waals surface area contributed by atoms with Gasteiger partial charge in [-0.25, -0.2) is 0 Å². The number of alkyl halides is 3. The average molecular weight is 231 g/mol.